The number of Topliss-reactive ketones (excluding diaryl/α,β-unsaturated/α-hetero) is 1. The van der Waals surface area contributed by atoms with E-state index in [-0.39, 0.29) is 17.0 Å². The second-order valence-corrected chi connectivity index (χ2v) is 9.64. The summed E-state index contributed by atoms with van der Waals surface area (Å²) in [5.41, 5.74) is 2.28. The summed E-state index contributed by atoms with van der Waals surface area (Å²) < 4.78 is 6.31. The first-order chi connectivity index (χ1) is 18.3. The van der Waals surface area contributed by atoms with Gasteiger partial charge in [-0.1, -0.05) is 24.3 Å². The van der Waals surface area contributed by atoms with Crippen LogP contribution in [-0.4, -0.2) is 33.3 Å². The maximum atomic E-state index is 13.4. The lowest BCUT2D eigenvalue weighted by Gasteiger charge is -2.22. The van der Waals surface area contributed by atoms with Gasteiger partial charge in [0, 0.05) is 17.7 Å². The van der Waals surface area contributed by atoms with Crippen molar-refractivity contribution in [3.8, 4) is 5.75 Å². The van der Waals surface area contributed by atoms with Gasteiger partial charge >= 0.3 is 5.91 Å². The van der Waals surface area contributed by atoms with E-state index in [1.54, 1.807) is 24.3 Å². The molecule has 1 N–H and O–H groups in total. The molecule has 0 radical (unpaired) electrons. The summed E-state index contributed by atoms with van der Waals surface area (Å²) in [5, 5.41) is 22.8. The fourth-order valence-corrected chi connectivity index (χ4v) is 5.49. The Morgan fingerprint density at radius 1 is 1.08 bits per heavy atom. The minimum atomic E-state index is -1.03. The number of aliphatic hydroxyl groups excluding tert-OH is 1. The van der Waals surface area contributed by atoms with Crippen molar-refractivity contribution < 1.29 is 24.4 Å². The molecule has 0 aliphatic carbocycles. The van der Waals surface area contributed by atoms with Crippen molar-refractivity contribution in [3.63, 3.8) is 0 Å². The SMILES string of the molecule is CCOc1ccc(/C(O)=C2\C(=O)C(=O)N(c3nc4ccc(CC)cc4s3)C2c2ccc([N+](=O)[O-])cc2)cc1. The monoisotopic (exact) mass is 529 g/mol. The number of carbonyl (C=O) groups excluding carboxylic acids is 2. The van der Waals surface area contributed by atoms with Crippen LogP contribution in [0, 0.1) is 10.1 Å². The summed E-state index contributed by atoms with van der Waals surface area (Å²) in [6.07, 6.45) is 0.832. The molecule has 9 nitrogen and oxygen atoms in total. The minimum Gasteiger partial charge on any atom is -0.507 e. The maximum Gasteiger partial charge on any atom is 0.301 e. The fraction of sp³-hybridized carbons (Fsp3) is 0.179. The van der Waals surface area contributed by atoms with E-state index in [0.29, 0.717) is 34.1 Å². The highest BCUT2D eigenvalue weighted by atomic mass is 32.1. The maximum absolute atomic E-state index is 13.4. The molecule has 1 aliphatic rings. The Morgan fingerprint density at radius 3 is 2.42 bits per heavy atom. The van der Waals surface area contributed by atoms with Crippen LogP contribution in [0.1, 0.15) is 36.6 Å². The predicted octanol–water partition coefficient (Wildman–Crippen LogP) is 5.79. The number of nitro groups is 1. The molecular weight excluding hydrogens is 506 g/mol. The fourth-order valence-electron chi connectivity index (χ4n) is 4.43. The quantitative estimate of drug-likeness (QED) is 0.106. The standard InChI is InChI=1S/C28H23N3O6S/c1-3-16-5-14-21-22(15-16)38-28(29-21)30-24(17-6-10-19(11-7-17)31(35)36)23(26(33)27(30)34)25(32)18-8-12-20(13-9-18)37-4-2/h5-15,24,32H,3-4H2,1-2H3/b25-23+. The second-order valence-electron chi connectivity index (χ2n) is 8.63. The number of nitro benzene ring substituents is 1. The lowest BCUT2D eigenvalue weighted by Crippen LogP contribution is -2.29. The topological polar surface area (TPSA) is 123 Å². The average molecular weight is 530 g/mol. The number of aromatic nitrogens is 1. The van der Waals surface area contributed by atoms with Crippen molar-refractivity contribution in [2.24, 2.45) is 0 Å². The van der Waals surface area contributed by atoms with E-state index in [1.807, 2.05) is 32.0 Å². The van der Waals surface area contributed by atoms with Gasteiger partial charge < -0.3 is 9.84 Å². The number of aliphatic hydroxyl groups is 1. The number of rotatable bonds is 7. The number of anilines is 1. The van der Waals surface area contributed by atoms with Gasteiger partial charge in [0.15, 0.2) is 5.13 Å². The van der Waals surface area contributed by atoms with Crippen LogP contribution in [0.3, 0.4) is 0 Å². The van der Waals surface area contributed by atoms with Crippen LogP contribution in [0.2, 0.25) is 0 Å². The van der Waals surface area contributed by atoms with E-state index in [1.165, 1.54) is 40.5 Å². The zero-order valence-electron chi connectivity index (χ0n) is 20.6. The van der Waals surface area contributed by atoms with Crippen molar-refractivity contribution in [2.75, 3.05) is 11.5 Å². The zero-order valence-corrected chi connectivity index (χ0v) is 21.4. The molecule has 4 aromatic rings. The molecule has 0 bridgehead atoms. The first-order valence-electron chi connectivity index (χ1n) is 12.0. The molecule has 1 aromatic heterocycles. The van der Waals surface area contributed by atoms with Gasteiger partial charge in [-0.05, 0) is 73.0 Å². The number of fused-ring (bicyclic) bond motifs is 1. The van der Waals surface area contributed by atoms with Crippen LogP contribution >= 0.6 is 11.3 Å². The largest absolute Gasteiger partial charge is 0.507 e. The lowest BCUT2D eigenvalue weighted by molar-refractivity contribution is -0.384. The van der Waals surface area contributed by atoms with Crippen molar-refractivity contribution in [1.29, 1.82) is 0 Å². The molecule has 0 saturated carbocycles. The second kappa shape index (κ2) is 10.1. The Bertz CT molecular complexity index is 1590. The highest BCUT2D eigenvalue weighted by Crippen LogP contribution is 2.44. The number of ether oxygens (including phenoxy) is 1. The molecule has 1 amide bonds. The van der Waals surface area contributed by atoms with E-state index in [0.717, 1.165) is 16.7 Å². The van der Waals surface area contributed by atoms with Gasteiger partial charge in [-0.25, -0.2) is 4.98 Å². The molecule has 10 heteroatoms. The average Bonchev–Trinajstić information content (AvgIpc) is 3.46. The van der Waals surface area contributed by atoms with Crippen molar-refractivity contribution >= 4 is 49.8 Å². The van der Waals surface area contributed by atoms with Crippen LogP contribution < -0.4 is 9.64 Å². The molecule has 38 heavy (non-hydrogen) atoms. The summed E-state index contributed by atoms with van der Waals surface area (Å²) in [6.45, 7) is 4.36. The number of thiazole rings is 1. The van der Waals surface area contributed by atoms with Crippen molar-refractivity contribution in [2.45, 2.75) is 26.3 Å². The number of amides is 1. The highest BCUT2D eigenvalue weighted by Gasteiger charge is 2.48. The summed E-state index contributed by atoms with van der Waals surface area (Å²) in [4.78, 5) is 43.4. The number of carbonyl (C=O) groups is 2. The van der Waals surface area contributed by atoms with Crippen molar-refractivity contribution in [1.82, 2.24) is 4.98 Å². The molecule has 192 valence electrons. The molecule has 1 atom stereocenters. The van der Waals surface area contributed by atoms with Gasteiger partial charge in [-0.3, -0.25) is 24.6 Å². The number of ketones is 1. The molecule has 5 rings (SSSR count). The third kappa shape index (κ3) is 4.39. The Hall–Kier alpha value is -4.57. The molecule has 0 spiro atoms. The Balaban J connectivity index is 1.67. The third-order valence-electron chi connectivity index (χ3n) is 6.36. The molecule has 1 fully saturated rings. The number of benzene rings is 3. The van der Waals surface area contributed by atoms with E-state index in [9.17, 15) is 24.8 Å². The van der Waals surface area contributed by atoms with Gasteiger partial charge in [0.1, 0.15) is 11.5 Å². The van der Waals surface area contributed by atoms with E-state index in [4.69, 9.17) is 4.74 Å². The van der Waals surface area contributed by atoms with Crippen LogP contribution in [0.15, 0.2) is 72.3 Å². The Labute approximate surface area is 221 Å². The van der Waals surface area contributed by atoms with Crippen LogP contribution in [0.4, 0.5) is 10.8 Å². The van der Waals surface area contributed by atoms with Gasteiger partial charge in [0.2, 0.25) is 0 Å². The minimum absolute atomic E-state index is 0.124. The van der Waals surface area contributed by atoms with E-state index < -0.39 is 22.7 Å². The molecule has 1 unspecified atom stereocenters. The first kappa shape index (κ1) is 25.1. The van der Waals surface area contributed by atoms with Gasteiger partial charge in [0.05, 0.1) is 33.4 Å². The smallest absolute Gasteiger partial charge is 0.301 e. The molecule has 1 saturated heterocycles. The Kier molecular flexibility index (Phi) is 6.64. The van der Waals surface area contributed by atoms with Gasteiger partial charge in [-0.2, -0.15) is 0 Å². The Morgan fingerprint density at radius 2 is 1.79 bits per heavy atom. The number of hydrogen-bond acceptors (Lipinski definition) is 8. The number of aryl methyl sites for hydroxylation is 1. The predicted molar refractivity (Wildman–Crippen MR) is 144 cm³/mol. The normalized spacial score (nSPS) is 16.8. The van der Waals surface area contributed by atoms with Gasteiger partial charge in [-0.15, -0.1) is 0 Å². The molecule has 3 aromatic carbocycles. The van der Waals surface area contributed by atoms with Gasteiger partial charge in [0.25, 0.3) is 11.5 Å². The van der Waals surface area contributed by atoms with Crippen LogP contribution in [0.5, 0.6) is 5.75 Å². The van der Waals surface area contributed by atoms with Crippen LogP contribution in [-0.2, 0) is 16.0 Å². The molecule has 2 heterocycles. The first-order valence-corrected chi connectivity index (χ1v) is 12.8. The lowest BCUT2D eigenvalue weighted by atomic mass is 9.95. The number of non-ortho nitro benzene ring substituents is 1. The third-order valence-corrected chi connectivity index (χ3v) is 7.38. The summed E-state index contributed by atoms with van der Waals surface area (Å²) in [5.74, 6) is -1.46. The zero-order chi connectivity index (χ0) is 27.0. The van der Waals surface area contributed by atoms with Crippen molar-refractivity contribution in [3.05, 3.63) is 99.1 Å². The molecule has 1 aliphatic heterocycles. The van der Waals surface area contributed by atoms with E-state index in [2.05, 4.69) is 4.98 Å². The van der Waals surface area contributed by atoms with Crippen LogP contribution in [0.25, 0.3) is 16.0 Å². The highest BCUT2D eigenvalue weighted by molar-refractivity contribution is 7.22. The summed E-state index contributed by atoms with van der Waals surface area (Å²) in [6, 6.07) is 16.9. The summed E-state index contributed by atoms with van der Waals surface area (Å²) in [7, 11) is 0. The summed E-state index contributed by atoms with van der Waals surface area (Å²) >= 11 is 1.27. The number of hydrogen-bond donors (Lipinski definition) is 1. The molecular formula is C28H23N3O6S. The number of nitrogens with zero attached hydrogens (tertiary/aromatic N) is 3. The van der Waals surface area contributed by atoms with E-state index >= 15 is 0 Å².